The normalized spacial score (nSPS) is 26.8. The number of nitrogens with zero attached hydrogens (tertiary/aromatic N) is 1. The van der Waals surface area contributed by atoms with Crippen LogP contribution in [0.3, 0.4) is 0 Å². The number of unbranched alkanes of at least 4 members (excludes halogenated alkanes) is 2. The quantitative estimate of drug-likeness (QED) is 0.0972. The van der Waals surface area contributed by atoms with E-state index < -0.39 is 0 Å². The molecule has 4 N–H and O–H groups in total. The van der Waals surface area contributed by atoms with Crippen LogP contribution < -0.4 is 0 Å². The largest absolute Gasteiger partial charge is 0.508 e. The Labute approximate surface area is 320 Å². The second-order valence-corrected chi connectivity index (χ2v) is 19.4. The standard InChI is InChI=1S/C44H61NO9/c1-41(2,25-17-35(48)39(36(49)18-25)27-21-33(46)31-23-29(27)43(31,5)6)13-9-11-15-53-45(52)54-16-12-10-14-42(3,4)26-19-37(50)40(38(51)20-26)28-22-34(47)32-24-30(28)44(32,7)8/h17-20,27-32H,9-16,21-24H2,1-8H3,(H3-,48,49,50,51)/p+1/t27-,28-,29+,30+,31+,32+/m0/s1. The molecule has 8 rings (SSSR count). The van der Waals surface area contributed by atoms with E-state index in [4.69, 9.17) is 9.68 Å². The number of ketones is 2. The molecule has 0 unspecified atom stereocenters. The van der Waals surface area contributed by atoms with E-state index in [2.05, 4.69) is 55.4 Å². The zero-order valence-corrected chi connectivity index (χ0v) is 33.5. The molecule has 0 aliphatic heterocycles. The molecule has 6 aliphatic carbocycles. The molecule has 0 spiro atoms. The summed E-state index contributed by atoms with van der Waals surface area (Å²) in [4.78, 5) is 48.1. The summed E-state index contributed by atoms with van der Waals surface area (Å²) in [7, 11) is 0. The number of rotatable bonds is 16. The average Bonchev–Trinajstić information content (AvgIpc) is 3.06. The van der Waals surface area contributed by atoms with Gasteiger partial charge in [-0.2, -0.15) is 9.68 Å². The van der Waals surface area contributed by atoms with E-state index in [0.717, 1.165) is 49.7 Å². The zero-order valence-electron chi connectivity index (χ0n) is 33.5. The summed E-state index contributed by atoms with van der Waals surface area (Å²) in [5.74, 6) is 0.955. The highest BCUT2D eigenvalue weighted by Gasteiger charge is 2.60. The van der Waals surface area contributed by atoms with Crippen molar-refractivity contribution in [3.63, 3.8) is 0 Å². The summed E-state index contributed by atoms with van der Waals surface area (Å²) in [5.41, 5.74) is 1.66. The van der Waals surface area contributed by atoms with Crippen molar-refractivity contribution in [2.75, 3.05) is 13.2 Å². The Bertz CT molecular complexity index is 1620. The zero-order chi connectivity index (χ0) is 39.5. The summed E-state index contributed by atoms with van der Waals surface area (Å²) in [5, 5.41) is 44.5. The molecule has 0 aromatic heterocycles. The molecule has 6 atom stereocenters. The molecule has 6 aliphatic rings. The summed E-state index contributed by atoms with van der Waals surface area (Å²) in [6.07, 6.45) is 6.56. The number of carbonyl (C=O) groups excluding carboxylic acids is 2. The minimum absolute atomic E-state index is 0.0464. The predicted octanol–water partition coefficient (Wildman–Crippen LogP) is 9.18. The van der Waals surface area contributed by atoms with Crippen molar-refractivity contribution in [3.8, 4) is 23.0 Å². The molecule has 54 heavy (non-hydrogen) atoms. The average molecular weight is 749 g/mol. The van der Waals surface area contributed by atoms with Crippen LogP contribution in [0.2, 0.25) is 0 Å². The van der Waals surface area contributed by atoms with Crippen molar-refractivity contribution in [2.24, 2.45) is 34.5 Å². The summed E-state index contributed by atoms with van der Waals surface area (Å²) >= 11 is 0. The minimum atomic E-state index is -0.356. The van der Waals surface area contributed by atoms with Gasteiger partial charge in [0, 0.05) is 47.6 Å². The Hall–Kier alpha value is -3.82. The Morgan fingerprint density at radius 2 is 0.963 bits per heavy atom. The van der Waals surface area contributed by atoms with Gasteiger partial charge in [0.1, 0.15) is 39.5 Å². The number of phenols is 4. The highest BCUT2D eigenvalue weighted by Crippen LogP contribution is 2.65. The number of fused-ring (bicyclic) bond motifs is 4. The van der Waals surface area contributed by atoms with E-state index >= 15 is 0 Å². The lowest BCUT2D eigenvalue weighted by atomic mass is 9.44. The topological polar surface area (TPSA) is 154 Å². The molecular formula is C44H62NO9+. The molecule has 10 heteroatoms. The molecule has 2 aromatic carbocycles. The van der Waals surface area contributed by atoms with Crippen LogP contribution in [-0.4, -0.2) is 50.3 Å². The molecule has 0 radical (unpaired) electrons. The Morgan fingerprint density at radius 3 is 1.26 bits per heavy atom. The third kappa shape index (κ3) is 7.18. The Kier molecular flexibility index (Phi) is 10.6. The van der Waals surface area contributed by atoms with Crippen LogP contribution in [0.5, 0.6) is 23.0 Å². The van der Waals surface area contributed by atoms with Crippen molar-refractivity contribution < 1.29 is 44.8 Å². The lowest BCUT2D eigenvalue weighted by molar-refractivity contribution is -0.981. The van der Waals surface area contributed by atoms with Crippen LogP contribution in [0.25, 0.3) is 0 Å². The van der Waals surface area contributed by atoms with Gasteiger partial charge in [-0.15, -0.1) is 0 Å². The van der Waals surface area contributed by atoms with Crippen LogP contribution in [-0.2, 0) is 30.1 Å². The van der Waals surface area contributed by atoms with Crippen molar-refractivity contribution in [2.45, 2.75) is 142 Å². The molecule has 0 saturated heterocycles. The molecule has 2 aromatic rings. The second-order valence-electron chi connectivity index (χ2n) is 19.4. The van der Waals surface area contributed by atoms with Crippen LogP contribution in [0.15, 0.2) is 24.3 Å². The third-order valence-corrected chi connectivity index (χ3v) is 14.6. The first-order valence-corrected chi connectivity index (χ1v) is 20.1. The maximum atomic E-state index is 12.7. The number of hydrogen-bond donors (Lipinski definition) is 4. The fourth-order valence-corrected chi connectivity index (χ4v) is 10.7. The third-order valence-electron chi connectivity index (χ3n) is 14.6. The highest BCUT2D eigenvalue weighted by molar-refractivity contribution is 5.87. The molecular weight excluding hydrogens is 686 g/mol. The predicted molar refractivity (Wildman–Crippen MR) is 204 cm³/mol. The minimum Gasteiger partial charge on any atom is -0.508 e. The second kappa shape index (κ2) is 14.4. The van der Waals surface area contributed by atoms with Crippen molar-refractivity contribution in [1.82, 2.24) is 0 Å². The van der Waals surface area contributed by atoms with E-state index in [1.54, 1.807) is 24.3 Å². The van der Waals surface area contributed by atoms with Crippen LogP contribution in [0.4, 0.5) is 0 Å². The number of phenolic OH excluding ortho intramolecular Hbond substituents is 4. The van der Waals surface area contributed by atoms with E-state index in [1.165, 1.54) is 0 Å². The molecule has 0 heterocycles. The van der Waals surface area contributed by atoms with Crippen molar-refractivity contribution in [3.05, 3.63) is 51.4 Å². The van der Waals surface area contributed by atoms with Gasteiger partial charge in [0.05, 0.1) is 0 Å². The SMILES string of the molecule is CC(C)(CCCCO[N+](=O)OCCCCC(C)(C)c1cc(O)c([C@H]2CC(=O)[C@H]3C[C@H]2C3(C)C)c(O)c1)c1cc(O)c([C@H]2CC(=O)[C@H]3C[C@H]2C3(C)C)c(O)c1. The number of carbonyl (C=O) groups is 2. The first-order chi connectivity index (χ1) is 25.2. The van der Waals surface area contributed by atoms with Crippen molar-refractivity contribution >= 4 is 11.6 Å². The van der Waals surface area contributed by atoms with Crippen LogP contribution >= 0.6 is 0 Å². The van der Waals surface area contributed by atoms with Crippen LogP contribution in [0.1, 0.15) is 154 Å². The number of benzene rings is 2. The summed E-state index contributed by atoms with van der Waals surface area (Å²) in [6, 6.07) is 6.93. The molecule has 10 nitrogen and oxygen atoms in total. The fourth-order valence-electron chi connectivity index (χ4n) is 10.7. The van der Waals surface area contributed by atoms with Gasteiger partial charge < -0.3 is 20.4 Å². The summed E-state index contributed by atoms with van der Waals surface area (Å²) < 4.78 is 0. The van der Waals surface area contributed by atoms with Gasteiger partial charge in [0.2, 0.25) is 0 Å². The fraction of sp³-hybridized carbons (Fsp3) is 0.682. The van der Waals surface area contributed by atoms with Gasteiger partial charge >= 0.3 is 5.09 Å². The number of Topliss-reactive ketones (excluding diaryl/α,β-unsaturated/α-hetero) is 2. The van der Waals surface area contributed by atoms with E-state index in [1.807, 2.05) is 0 Å². The molecule has 6 saturated carbocycles. The number of aromatic hydroxyl groups is 4. The molecule has 6 fully saturated rings. The monoisotopic (exact) mass is 748 g/mol. The van der Waals surface area contributed by atoms with Gasteiger partial charge in [-0.1, -0.05) is 55.4 Å². The maximum absolute atomic E-state index is 12.7. The van der Waals surface area contributed by atoms with Gasteiger partial charge in [-0.3, -0.25) is 9.59 Å². The van der Waals surface area contributed by atoms with E-state index in [9.17, 15) is 34.9 Å². The van der Waals surface area contributed by atoms with Gasteiger partial charge in [-0.25, -0.2) is 0 Å². The van der Waals surface area contributed by atoms with E-state index in [0.29, 0.717) is 36.8 Å². The maximum Gasteiger partial charge on any atom is 0.477 e. The summed E-state index contributed by atoms with van der Waals surface area (Å²) in [6.45, 7) is 17.0. The lowest BCUT2D eigenvalue weighted by Crippen LogP contribution is -2.56. The smallest absolute Gasteiger partial charge is 0.477 e. The van der Waals surface area contributed by atoms with Gasteiger partial charge in [0.25, 0.3) is 0 Å². The van der Waals surface area contributed by atoms with Gasteiger partial charge in [0.15, 0.2) is 13.2 Å². The molecule has 296 valence electrons. The molecule has 0 amide bonds. The first-order valence-electron chi connectivity index (χ1n) is 20.1. The lowest BCUT2D eigenvalue weighted by Gasteiger charge is -2.59. The van der Waals surface area contributed by atoms with Crippen molar-refractivity contribution in [1.29, 1.82) is 0 Å². The van der Waals surface area contributed by atoms with Crippen LogP contribution in [0, 0.1) is 39.4 Å². The highest BCUT2D eigenvalue weighted by atomic mass is 17.0. The van der Waals surface area contributed by atoms with E-state index in [-0.39, 0.29) is 110 Å². The Balaban J connectivity index is 0.900. The molecule has 4 bridgehead atoms. The number of hydrogen-bond acceptors (Lipinski definition) is 9. The van der Waals surface area contributed by atoms with Gasteiger partial charge in [-0.05, 0) is 120 Å². The first kappa shape index (κ1) is 39.9. The Morgan fingerprint density at radius 1 is 0.630 bits per heavy atom.